The molecule has 4 aliphatic rings. The van der Waals surface area contributed by atoms with Crippen LogP contribution in [0.15, 0.2) is 24.3 Å². The highest BCUT2D eigenvalue weighted by Gasteiger charge is 2.56. The van der Waals surface area contributed by atoms with Gasteiger partial charge in [-0.1, -0.05) is 56.8 Å². The van der Waals surface area contributed by atoms with Crippen molar-refractivity contribution in [3.8, 4) is 0 Å². The van der Waals surface area contributed by atoms with Crippen molar-refractivity contribution >= 4 is 11.9 Å². The quantitative estimate of drug-likeness (QED) is 0.544. The molecule has 0 amide bonds. The molecule has 3 atom stereocenters. The monoisotopic (exact) mass is 358 g/mol. The van der Waals surface area contributed by atoms with Crippen molar-refractivity contribution in [1.82, 2.24) is 0 Å². The van der Waals surface area contributed by atoms with Gasteiger partial charge in [0.25, 0.3) is 0 Å². The normalized spacial score (nSPS) is 34.8. The fourth-order valence-electron chi connectivity index (χ4n) is 5.90. The second kappa shape index (κ2) is 6.86. The molecule has 4 rings (SSSR count). The van der Waals surface area contributed by atoms with Crippen molar-refractivity contribution in [3.63, 3.8) is 0 Å². The number of ether oxygens (including phenoxy) is 2. The highest BCUT2D eigenvalue weighted by atomic mass is 16.6. The topological polar surface area (TPSA) is 52.6 Å². The van der Waals surface area contributed by atoms with Crippen LogP contribution in [-0.2, 0) is 19.1 Å². The minimum Gasteiger partial charge on any atom is -0.469 e. The maximum absolute atomic E-state index is 12.7. The first-order chi connectivity index (χ1) is 12.6. The number of allylic oxidation sites excluding steroid dienone is 2. The second-order valence-corrected chi connectivity index (χ2v) is 8.62. The molecule has 0 aromatic carbocycles. The Morgan fingerprint density at radius 1 is 0.962 bits per heavy atom. The number of methoxy groups -OCH3 is 1. The second-order valence-electron chi connectivity index (χ2n) is 8.62. The van der Waals surface area contributed by atoms with E-state index in [0.29, 0.717) is 0 Å². The summed E-state index contributed by atoms with van der Waals surface area (Å²) in [6.07, 6.45) is 18.7. The van der Waals surface area contributed by atoms with E-state index in [9.17, 15) is 9.59 Å². The van der Waals surface area contributed by atoms with Gasteiger partial charge in [0.05, 0.1) is 17.9 Å². The largest absolute Gasteiger partial charge is 0.469 e. The Bertz CT molecular complexity index is 620. The maximum Gasteiger partial charge on any atom is 0.313 e. The summed E-state index contributed by atoms with van der Waals surface area (Å²) in [7, 11) is 1.50. The molecule has 3 fully saturated rings. The highest BCUT2D eigenvalue weighted by molar-refractivity contribution is 5.81. The first-order valence-electron chi connectivity index (χ1n) is 10.3. The first-order valence-corrected chi connectivity index (χ1v) is 10.3. The molecule has 1 saturated heterocycles. The van der Waals surface area contributed by atoms with Crippen molar-refractivity contribution in [2.24, 2.45) is 22.7 Å². The number of fused-ring (bicyclic) bond motifs is 2. The van der Waals surface area contributed by atoms with E-state index in [0.717, 1.165) is 51.4 Å². The molecule has 0 aromatic heterocycles. The van der Waals surface area contributed by atoms with E-state index in [2.05, 4.69) is 24.3 Å². The zero-order valence-corrected chi connectivity index (χ0v) is 15.7. The SMILES string of the molecule is COC(=O)C1(C2C=CC3OC(=O)C4(CCCCC4)C3C=C2)CCCCC1. The third kappa shape index (κ3) is 2.64. The average Bonchev–Trinajstić information content (AvgIpc) is 2.83. The molecule has 2 saturated carbocycles. The third-order valence-corrected chi connectivity index (χ3v) is 7.40. The van der Waals surface area contributed by atoms with Crippen LogP contribution in [0.1, 0.15) is 64.2 Å². The van der Waals surface area contributed by atoms with Gasteiger partial charge in [-0.3, -0.25) is 9.59 Å². The van der Waals surface area contributed by atoms with Crippen LogP contribution in [0.25, 0.3) is 0 Å². The van der Waals surface area contributed by atoms with E-state index >= 15 is 0 Å². The lowest BCUT2D eigenvalue weighted by Crippen LogP contribution is -2.40. The third-order valence-electron chi connectivity index (χ3n) is 7.40. The van der Waals surface area contributed by atoms with Crippen molar-refractivity contribution in [3.05, 3.63) is 24.3 Å². The zero-order chi connectivity index (χ0) is 18.2. The molecular formula is C22H30O4. The molecule has 0 aromatic rings. The van der Waals surface area contributed by atoms with Gasteiger partial charge in [-0.15, -0.1) is 0 Å². The van der Waals surface area contributed by atoms with Gasteiger partial charge in [-0.2, -0.15) is 0 Å². The van der Waals surface area contributed by atoms with Gasteiger partial charge >= 0.3 is 11.9 Å². The minimum absolute atomic E-state index is 0.0136. The Hall–Kier alpha value is -1.58. The highest BCUT2D eigenvalue weighted by Crippen LogP contribution is 2.53. The number of esters is 2. The van der Waals surface area contributed by atoms with Gasteiger partial charge in [0.2, 0.25) is 0 Å². The van der Waals surface area contributed by atoms with Crippen LogP contribution in [0, 0.1) is 22.7 Å². The van der Waals surface area contributed by atoms with Crippen LogP contribution >= 0.6 is 0 Å². The molecule has 1 aliphatic heterocycles. The van der Waals surface area contributed by atoms with Crippen LogP contribution in [0.3, 0.4) is 0 Å². The standard InChI is InChI=1S/C22H30O4/c1-25-19(23)21(12-4-2-5-13-21)16-8-10-17-18(11-9-16)26-20(24)22(17)14-6-3-7-15-22/h8-11,16-18H,2-7,12-15H2,1H3. The van der Waals surface area contributed by atoms with Gasteiger partial charge in [0.15, 0.2) is 0 Å². The molecule has 4 nitrogen and oxygen atoms in total. The predicted molar refractivity (Wildman–Crippen MR) is 98.2 cm³/mol. The fraction of sp³-hybridized carbons (Fsp3) is 0.727. The van der Waals surface area contributed by atoms with Gasteiger partial charge < -0.3 is 9.47 Å². The Balaban J connectivity index is 1.65. The Labute approximate surface area is 156 Å². The van der Waals surface area contributed by atoms with Crippen molar-refractivity contribution in [2.45, 2.75) is 70.3 Å². The summed E-state index contributed by atoms with van der Waals surface area (Å²) in [5, 5.41) is 0. The molecule has 1 heterocycles. The first kappa shape index (κ1) is 17.8. The van der Waals surface area contributed by atoms with E-state index in [1.807, 2.05) is 0 Å². The van der Waals surface area contributed by atoms with Gasteiger partial charge in [-0.05, 0) is 31.8 Å². The fourth-order valence-corrected chi connectivity index (χ4v) is 5.90. The molecule has 3 unspecified atom stereocenters. The van der Waals surface area contributed by atoms with Crippen LogP contribution in [0.2, 0.25) is 0 Å². The summed E-state index contributed by atoms with van der Waals surface area (Å²) in [6.45, 7) is 0. The summed E-state index contributed by atoms with van der Waals surface area (Å²) in [6, 6.07) is 0. The summed E-state index contributed by atoms with van der Waals surface area (Å²) in [4.78, 5) is 25.4. The Kier molecular flexibility index (Phi) is 4.70. The lowest BCUT2D eigenvalue weighted by molar-refractivity contribution is -0.157. The molecule has 3 aliphatic carbocycles. The summed E-state index contributed by atoms with van der Waals surface area (Å²) < 4.78 is 11.0. The number of carbonyl (C=O) groups is 2. The van der Waals surface area contributed by atoms with Crippen molar-refractivity contribution in [1.29, 1.82) is 0 Å². The number of carbonyl (C=O) groups excluding carboxylic acids is 2. The molecule has 26 heavy (non-hydrogen) atoms. The number of hydrogen-bond acceptors (Lipinski definition) is 4. The van der Waals surface area contributed by atoms with E-state index in [4.69, 9.17) is 9.47 Å². The lowest BCUT2D eigenvalue weighted by Gasteiger charge is -2.38. The van der Waals surface area contributed by atoms with E-state index in [-0.39, 0.29) is 35.3 Å². The molecular weight excluding hydrogens is 328 g/mol. The van der Waals surface area contributed by atoms with Crippen LogP contribution < -0.4 is 0 Å². The molecule has 0 N–H and O–H groups in total. The van der Waals surface area contributed by atoms with E-state index in [1.54, 1.807) is 0 Å². The number of hydrogen-bond donors (Lipinski definition) is 0. The lowest BCUT2D eigenvalue weighted by atomic mass is 9.64. The van der Waals surface area contributed by atoms with Gasteiger partial charge in [0, 0.05) is 11.8 Å². The van der Waals surface area contributed by atoms with E-state index < -0.39 is 5.41 Å². The molecule has 0 bridgehead atoms. The van der Waals surface area contributed by atoms with Gasteiger partial charge in [0.1, 0.15) is 6.10 Å². The Morgan fingerprint density at radius 3 is 2.23 bits per heavy atom. The molecule has 1 spiro atoms. The van der Waals surface area contributed by atoms with Crippen molar-refractivity contribution < 1.29 is 19.1 Å². The van der Waals surface area contributed by atoms with Crippen molar-refractivity contribution in [2.75, 3.05) is 7.11 Å². The summed E-state index contributed by atoms with van der Waals surface area (Å²) in [5.41, 5.74) is -0.800. The zero-order valence-electron chi connectivity index (χ0n) is 15.7. The smallest absolute Gasteiger partial charge is 0.313 e. The van der Waals surface area contributed by atoms with Crippen LogP contribution in [0.4, 0.5) is 0 Å². The minimum atomic E-state index is -0.456. The van der Waals surface area contributed by atoms with Crippen LogP contribution in [0.5, 0.6) is 0 Å². The number of rotatable bonds is 2. The molecule has 142 valence electrons. The maximum atomic E-state index is 12.7. The molecule has 0 radical (unpaired) electrons. The summed E-state index contributed by atoms with van der Waals surface area (Å²) in [5.74, 6) is 0.0308. The average molecular weight is 358 g/mol. The van der Waals surface area contributed by atoms with Crippen LogP contribution in [-0.4, -0.2) is 25.2 Å². The van der Waals surface area contributed by atoms with Gasteiger partial charge in [-0.25, -0.2) is 0 Å². The predicted octanol–water partition coefficient (Wildman–Crippen LogP) is 4.34. The molecule has 4 heteroatoms. The summed E-state index contributed by atoms with van der Waals surface area (Å²) >= 11 is 0. The Morgan fingerprint density at radius 2 is 1.58 bits per heavy atom. The van der Waals surface area contributed by atoms with E-state index in [1.165, 1.54) is 20.0 Å².